The number of aromatic nitrogens is 1. The van der Waals surface area contributed by atoms with Crippen LogP contribution in [-0.4, -0.2) is 30.0 Å². The van der Waals surface area contributed by atoms with Crippen LogP contribution in [0.4, 0.5) is 0 Å². The molecular formula is C22H24N2. The second-order valence-electron chi connectivity index (χ2n) is 7.74. The molecular weight excluding hydrogens is 292 g/mol. The van der Waals surface area contributed by atoms with Gasteiger partial charge in [-0.05, 0) is 56.0 Å². The smallest absolute Gasteiger partial charge is 0.0458 e. The van der Waals surface area contributed by atoms with Crippen molar-refractivity contribution in [1.29, 1.82) is 0 Å². The Balaban J connectivity index is 1.68. The summed E-state index contributed by atoms with van der Waals surface area (Å²) in [7, 11) is 2.28. The van der Waals surface area contributed by atoms with Gasteiger partial charge in [0.15, 0.2) is 0 Å². The van der Waals surface area contributed by atoms with Crippen LogP contribution in [-0.2, 0) is 18.3 Å². The van der Waals surface area contributed by atoms with E-state index in [2.05, 4.69) is 71.5 Å². The third-order valence-corrected chi connectivity index (χ3v) is 6.45. The van der Waals surface area contributed by atoms with Crippen LogP contribution < -0.4 is 0 Å². The average molecular weight is 316 g/mol. The first-order chi connectivity index (χ1) is 11.8. The number of piperidine rings is 1. The maximum Gasteiger partial charge on any atom is 0.0458 e. The number of benzene rings is 2. The van der Waals surface area contributed by atoms with Crippen molar-refractivity contribution >= 4 is 10.9 Å². The zero-order valence-corrected chi connectivity index (χ0v) is 14.3. The van der Waals surface area contributed by atoms with Crippen molar-refractivity contribution in [3.8, 4) is 0 Å². The Morgan fingerprint density at radius 1 is 1.04 bits per heavy atom. The summed E-state index contributed by atoms with van der Waals surface area (Å²) in [6.45, 7) is 2.40. The number of fused-ring (bicyclic) bond motifs is 4. The molecule has 0 saturated carbocycles. The van der Waals surface area contributed by atoms with Crippen LogP contribution in [0.15, 0.2) is 54.6 Å². The Morgan fingerprint density at radius 2 is 1.83 bits per heavy atom. The Morgan fingerprint density at radius 3 is 2.71 bits per heavy atom. The van der Waals surface area contributed by atoms with Gasteiger partial charge in [0.2, 0.25) is 0 Å². The highest BCUT2D eigenvalue weighted by Crippen LogP contribution is 2.48. The number of hydrogen-bond acceptors (Lipinski definition) is 1. The van der Waals surface area contributed by atoms with Gasteiger partial charge in [-0.25, -0.2) is 0 Å². The predicted molar refractivity (Wildman–Crippen MR) is 99.4 cm³/mol. The van der Waals surface area contributed by atoms with Crippen molar-refractivity contribution in [2.75, 3.05) is 20.1 Å². The monoisotopic (exact) mass is 316 g/mol. The third-order valence-electron chi connectivity index (χ3n) is 6.45. The van der Waals surface area contributed by atoms with E-state index in [1.54, 1.807) is 5.56 Å². The lowest BCUT2D eigenvalue weighted by Gasteiger charge is -2.50. The molecule has 1 aromatic heterocycles. The first-order valence-electron chi connectivity index (χ1n) is 9.09. The molecule has 5 rings (SSSR count). The Bertz CT molecular complexity index is 879. The highest BCUT2D eigenvalue weighted by atomic mass is 15.1. The maximum atomic E-state index is 3.74. The summed E-state index contributed by atoms with van der Waals surface area (Å²) in [4.78, 5) is 6.26. The number of nitrogens with one attached hydrogen (secondary N) is 1. The summed E-state index contributed by atoms with van der Waals surface area (Å²) in [6.07, 6.45) is 3.60. The van der Waals surface area contributed by atoms with Gasteiger partial charge in [0, 0.05) is 28.6 Å². The van der Waals surface area contributed by atoms with E-state index in [0.29, 0.717) is 11.3 Å². The van der Waals surface area contributed by atoms with E-state index in [0.717, 1.165) is 6.42 Å². The minimum atomic E-state index is 0.293. The van der Waals surface area contributed by atoms with Gasteiger partial charge in [0.1, 0.15) is 0 Å². The van der Waals surface area contributed by atoms with Crippen LogP contribution in [0.5, 0.6) is 0 Å². The lowest BCUT2D eigenvalue weighted by molar-refractivity contribution is 0.0996. The van der Waals surface area contributed by atoms with Crippen molar-refractivity contribution in [3.63, 3.8) is 0 Å². The number of nitrogens with zero attached hydrogens (tertiary/aromatic N) is 1. The molecule has 0 amide bonds. The van der Waals surface area contributed by atoms with Crippen molar-refractivity contribution in [2.24, 2.45) is 5.92 Å². The van der Waals surface area contributed by atoms with E-state index < -0.39 is 0 Å². The Labute approximate surface area is 143 Å². The van der Waals surface area contributed by atoms with Crippen LogP contribution in [0.1, 0.15) is 23.2 Å². The van der Waals surface area contributed by atoms with E-state index in [1.807, 2.05) is 0 Å². The van der Waals surface area contributed by atoms with E-state index in [-0.39, 0.29) is 0 Å². The molecule has 1 saturated heterocycles. The van der Waals surface area contributed by atoms with Gasteiger partial charge in [-0.15, -0.1) is 0 Å². The SMILES string of the molecule is CN1CCC2(c3ccccc3)Cc3[nH]c4ccccc4c3CC2C1. The normalized spacial score (nSPS) is 27.0. The molecule has 2 aromatic carbocycles. The minimum absolute atomic E-state index is 0.293. The maximum absolute atomic E-state index is 3.74. The summed E-state index contributed by atoms with van der Waals surface area (Å²) in [5, 5.41) is 1.43. The lowest BCUT2D eigenvalue weighted by Crippen LogP contribution is -2.52. The van der Waals surface area contributed by atoms with Crippen molar-refractivity contribution in [3.05, 3.63) is 71.4 Å². The fourth-order valence-corrected chi connectivity index (χ4v) is 5.18. The molecule has 2 unspecified atom stereocenters. The van der Waals surface area contributed by atoms with Gasteiger partial charge in [0.05, 0.1) is 0 Å². The molecule has 2 heteroatoms. The quantitative estimate of drug-likeness (QED) is 0.714. The standard InChI is InChI=1S/C22H24N2/c1-24-12-11-22(16-7-3-2-4-8-16)14-21-19(13-17(22)15-24)18-9-5-6-10-20(18)23-21/h2-10,17,23H,11-15H2,1H3. The van der Waals surface area contributed by atoms with Gasteiger partial charge >= 0.3 is 0 Å². The zero-order valence-electron chi connectivity index (χ0n) is 14.3. The van der Waals surface area contributed by atoms with Crippen LogP contribution in [0.2, 0.25) is 0 Å². The van der Waals surface area contributed by atoms with Gasteiger partial charge in [-0.3, -0.25) is 0 Å². The second kappa shape index (κ2) is 5.22. The number of aromatic amines is 1. The second-order valence-corrected chi connectivity index (χ2v) is 7.74. The van der Waals surface area contributed by atoms with Gasteiger partial charge in [-0.1, -0.05) is 48.5 Å². The van der Waals surface area contributed by atoms with Crippen LogP contribution >= 0.6 is 0 Å². The molecule has 2 atom stereocenters. The summed E-state index contributed by atoms with van der Waals surface area (Å²) in [5.41, 5.74) is 6.17. The molecule has 2 nitrogen and oxygen atoms in total. The average Bonchev–Trinajstić information content (AvgIpc) is 2.98. The summed E-state index contributed by atoms with van der Waals surface area (Å²) in [6, 6.07) is 20.1. The third kappa shape index (κ3) is 1.99. The fourth-order valence-electron chi connectivity index (χ4n) is 5.18. The molecule has 122 valence electrons. The molecule has 0 spiro atoms. The highest BCUT2D eigenvalue weighted by Gasteiger charge is 2.47. The predicted octanol–water partition coefficient (Wildman–Crippen LogP) is 4.16. The molecule has 1 aliphatic heterocycles. The van der Waals surface area contributed by atoms with E-state index >= 15 is 0 Å². The number of likely N-dealkylation sites (tertiary alicyclic amines) is 1. The lowest BCUT2D eigenvalue weighted by atomic mass is 9.59. The van der Waals surface area contributed by atoms with Crippen molar-refractivity contribution in [2.45, 2.75) is 24.7 Å². The molecule has 24 heavy (non-hydrogen) atoms. The largest absolute Gasteiger partial charge is 0.358 e. The number of rotatable bonds is 1. The minimum Gasteiger partial charge on any atom is -0.358 e. The molecule has 1 N–H and O–H groups in total. The summed E-state index contributed by atoms with van der Waals surface area (Å²) < 4.78 is 0. The summed E-state index contributed by atoms with van der Waals surface area (Å²) >= 11 is 0. The number of para-hydroxylation sites is 1. The number of hydrogen-bond donors (Lipinski definition) is 1. The molecule has 1 aliphatic carbocycles. The molecule has 0 bridgehead atoms. The molecule has 2 aliphatic rings. The molecule has 2 heterocycles. The van der Waals surface area contributed by atoms with Crippen LogP contribution in [0, 0.1) is 5.92 Å². The van der Waals surface area contributed by atoms with Crippen LogP contribution in [0.25, 0.3) is 10.9 Å². The van der Waals surface area contributed by atoms with Crippen LogP contribution in [0.3, 0.4) is 0 Å². The Hall–Kier alpha value is -2.06. The van der Waals surface area contributed by atoms with E-state index in [1.165, 1.54) is 48.1 Å². The van der Waals surface area contributed by atoms with E-state index in [9.17, 15) is 0 Å². The first-order valence-corrected chi connectivity index (χ1v) is 9.09. The van der Waals surface area contributed by atoms with Gasteiger partial charge in [-0.2, -0.15) is 0 Å². The fraction of sp³-hybridized carbons (Fsp3) is 0.364. The van der Waals surface area contributed by atoms with Gasteiger partial charge < -0.3 is 9.88 Å². The molecule has 1 fully saturated rings. The van der Waals surface area contributed by atoms with Crippen molar-refractivity contribution in [1.82, 2.24) is 9.88 Å². The summed E-state index contributed by atoms with van der Waals surface area (Å²) in [5.74, 6) is 0.699. The highest BCUT2D eigenvalue weighted by molar-refractivity contribution is 5.85. The van der Waals surface area contributed by atoms with Gasteiger partial charge in [0.25, 0.3) is 0 Å². The van der Waals surface area contributed by atoms with E-state index in [4.69, 9.17) is 0 Å². The topological polar surface area (TPSA) is 19.0 Å². The Kier molecular flexibility index (Phi) is 3.11. The zero-order chi connectivity index (χ0) is 16.1. The molecule has 3 aromatic rings. The van der Waals surface area contributed by atoms with Crippen molar-refractivity contribution < 1.29 is 0 Å². The first kappa shape index (κ1) is 14.3. The number of H-pyrrole nitrogens is 1. The molecule has 0 radical (unpaired) electrons.